The fraction of sp³-hybridized carbons (Fsp3) is 0.611. The zero-order valence-electron chi connectivity index (χ0n) is 15.4. The molecule has 0 saturated carbocycles. The van der Waals surface area contributed by atoms with Crippen molar-refractivity contribution >= 4 is 44.9 Å². The number of morpholine rings is 1. The average molecular weight is 410 g/mol. The Morgan fingerprint density at radius 3 is 2.96 bits per heavy atom. The number of rotatable bonds is 4. The van der Waals surface area contributed by atoms with Gasteiger partial charge in [-0.2, -0.15) is 4.98 Å². The Labute approximate surface area is 167 Å². The summed E-state index contributed by atoms with van der Waals surface area (Å²) in [5, 5.41) is 3.06. The maximum atomic E-state index is 12.0. The normalized spacial score (nSPS) is 21.6. The largest absolute Gasteiger partial charge is 0.378 e. The van der Waals surface area contributed by atoms with Crippen molar-refractivity contribution in [1.82, 2.24) is 20.2 Å². The van der Waals surface area contributed by atoms with Crippen molar-refractivity contribution in [3.05, 3.63) is 16.2 Å². The van der Waals surface area contributed by atoms with Gasteiger partial charge in [0, 0.05) is 38.1 Å². The summed E-state index contributed by atoms with van der Waals surface area (Å²) >= 11 is 7.91. The minimum absolute atomic E-state index is 0.0799. The number of hydrogen-bond donors (Lipinski definition) is 1. The van der Waals surface area contributed by atoms with Crippen LogP contribution in [0.25, 0.3) is 10.2 Å². The molecule has 0 spiro atoms. The number of likely N-dealkylation sites (tertiary alicyclic amines) is 1. The van der Waals surface area contributed by atoms with E-state index >= 15 is 0 Å². The number of carbonyl (C=O) groups excluding carboxylic acids is 1. The van der Waals surface area contributed by atoms with Crippen LogP contribution in [0.5, 0.6) is 0 Å². The highest BCUT2D eigenvalue weighted by atomic mass is 35.5. The molecule has 1 amide bonds. The van der Waals surface area contributed by atoms with Gasteiger partial charge in [0.25, 0.3) is 0 Å². The van der Waals surface area contributed by atoms with E-state index in [1.54, 1.807) is 18.4 Å². The number of hydrogen-bond acceptors (Lipinski definition) is 7. The number of nitrogens with one attached hydrogen (secondary N) is 1. The van der Waals surface area contributed by atoms with Crippen LogP contribution >= 0.6 is 22.9 Å². The molecule has 4 heterocycles. The summed E-state index contributed by atoms with van der Waals surface area (Å²) in [6.45, 7) is 5.69. The number of nitrogens with zero attached hydrogens (tertiary/aromatic N) is 4. The number of aromatic nitrogens is 2. The van der Waals surface area contributed by atoms with Crippen LogP contribution in [0.1, 0.15) is 17.7 Å². The topological polar surface area (TPSA) is 70.6 Å². The molecule has 2 aliphatic heterocycles. The molecule has 1 atom stereocenters. The number of thiophene rings is 1. The van der Waals surface area contributed by atoms with Gasteiger partial charge < -0.3 is 15.0 Å². The lowest BCUT2D eigenvalue weighted by molar-refractivity contribution is -0.126. The fourth-order valence-electron chi connectivity index (χ4n) is 3.84. The third-order valence-electron chi connectivity index (χ3n) is 5.19. The Morgan fingerprint density at radius 1 is 1.37 bits per heavy atom. The first kappa shape index (κ1) is 18.9. The van der Waals surface area contributed by atoms with E-state index in [4.69, 9.17) is 16.3 Å². The molecule has 2 aromatic heterocycles. The molecule has 27 heavy (non-hydrogen) atoms. The van der Waals surface area contributed by atoms with Gasteiger partial charge in [0.05, 0.1) is 29.3 Å². The molecule has 2 saturated heterocycles. The lowest BCUT2D eigenvalue weighted by Gasteiger charge is -2.31. The Balaban J connectivity index is 1.55. The summed E-state index contributed by atoms with van der Waals surface area (Å²) in [7, 11) is 1.71. The molecule has 2 aliphatic rings. The molecule has 0 bridgehead atoms. The maximum Gasteiger partial charge on any atom is 0.224 e. The molecule has 146 valence electrons. The van der Waals surface area contributed by atoms with Crippen molar-refractivity contribution < 1.29 is 9.53 Å². The predicted molar refractivity (Wildman–Crippen MR) is 108 cm³/mol. The van der Waals surface area contributed by atoms with E-state index in [1.165, 1.54) is 4.88 Å². The van der Waals surface area contributed by atoms with E-state index in [2.05, 4.69) is 31.2 Å². The Bertz CT molecular complexity index is 823. The highest BCUT2D eigenvalue weighted by Gasteiger charge is 2.26. The van der Waals surface area contributed by atoms with Gasteiger partial charge in [-0.3, -0.25) is 9.69 Å². The number of ether oxygens (including phenoxy) is 1. The SMILES string of the molecule is CNC(=O)C1CCCN(Cc2cc3nc(Cl)nc(N4CCOCC4)c3s2)C1. The molecule has 0 aliphatic carbocycles. The molecule has 9 heteroatoms. The monoisotopic (exact) mass is 409 g/mol. The molecule has 1 unspecified atom stereocenters. The number of anilines is 1. The first-order valence-corrected chi connectivity index (χ1v) is 10.6. The van der Waals surface area contributed by atoms with Crippen LogP contribution in [-0.2, 0) is 16.1 Å². The van der Waals surface area contributed by atoms with E-state index in [1.807, 2.05) is 0 Å². The number of amides is 1. The molecule has 2 aromatic rings. The fourth-order valence-corrected chi connectivity index (χ4v) is 5.17. The first-order chi connectivity index (χ1) is 13.1. The molecule has 2 fully saturated rings. The Kier molecular flexibility index (Phi) is 5.77. The summed E-state index contributed by atoms with van der Waals surface area (Å²) in [6.07, 6.45) is 2.01. The smallest absolute Gasteiger partial charge is 0.224 e. The van der Waals surface area contributed by atoms with Crippen LogP contribution in [-0.4, -0.2) is 67.2 Å². The Morgan fingerprint density at radius 2 is 2.19 bits per heavy atom. The summed E-state index contributed by atoms with van der Waals surface area (Å²) in [5.74, 6) is 1.13. The molecule has 0 radical (unpaired) electrons. The third-order valence-corrected chi connectivity index (χ3v) is 6.46. The summed E-state index contributed by atoms with van der Waals surface area (Å²) in [5.41, 5.74) is 0.899. The van der Waals surface area contributed by atoms with Crippen molar-refractivity contribution in [2.75, 3.05) is 51.3 Å². The van der Waals surface area contributed by atoms with Crippen LogP contribution in [0.15, 0.2) is 6.07 Å². The summed E-state index contributed by atoms with van der Waals surface area (Å²) in [4.78, 5) is 26.7. The zero-order valence-corrected chi connectivity index (χ0v) is 17.0. The van der Waals surface area contributed by atoms with Crippen molar-refractivity contribution in [3.8, 4) is 0 Å². The third kappa shape index (κ3) is 4.18. The van der Waals surface area contributed by atoms with Gasteiger partial charge in [0.2, 0.25) is 11.2 Å². The number of halogens is 1. The van der Waals surface area contributed by atoms with Gasteiger partial charge in [-0.15, -0.1) is 11.3 Å². The average Bonchev–Trinajstić information content (AvgIpc) is 3.09. The molecular weight excluding hydrogens is 386 g/mol. The lowest BCUT2D eigenvalue weighted by atomic mass is 9.97. The van der Waals surface area contributed by atoms with E-state index in [0.717, 1.165) is 61.6 Å². The quantitative estimate of drug-likeness (QED) is 0.780. The van der Waals surface area contributed by atoms with Crippen LogP contribution in [0.3, 0.4) is 0 Å². The highest BCUT2D eigenvalue weighted by molar-refractivity contribution is 7.19. The van der Waals surface area contributed by atoms with Crippen molar-refractivity contribution in [1.29, 1.82) is 0 Å². The van der Waals surface area contributed by atoms with Crippen molar-refractivity contribution in [2.45, 2.75) is 19.4 Å². The maximum absolute atomic E-state index is 12.0. The van der Waals surface area contributed by atoms with Gasteiger partial charge in [0.1, 0.15) is 0 Å². The minimum Gasteiger partial charge on any atom is -0.378 e. The molecule has 4 rings (SSSR count). The van der Waals surface area contributed by atoms with Gasteiger partial charge >= 0.3 is 0 Å². The second kappa shape index (κ2) is 8.26. The molecule has 7 nitrogen and oxygen atoms in total. The van der Waals surface area contributed by atoms with Crippen LogP contribution < -0.4 is 10.2 Å². The van der Waals surface area contributed by atoms with Gasteiger partial charge in [-0.25, -0.2) is 4.98 Å². The second-order valence-electron chi connectivity index (χ2n) is 7.03. The second-order valence-corrected chi connectivity index (χ2v) is 8.51. The number of fused-ring (bicyclic) bond motifs is 1. The van der Waals surface area contributed by atoms with Crippen molar-refractivity contribution in [2.24, 2.45) is 5.92 Å². The predicted octanol–water partition coefficient (Wildman–Crippen LogP) is 2.14. The lowest BCUT2D eigenvalue weighted by Crippen LogP contribution is -2.41. The number of carbonyl (C=O) groups is 1. The van der Waals surface area contributed by atoms with Gasteiger partial charge in [-0.05, 0) is 37.1 Å². The number of piperidine rings is 1. The van der Waals surface area contributed by atoms with E-state index in [9.17, 15) is 4.79 Å². The van der Waals surface area contributed by atoms with Gasteiger partial charge in [0.15, 0.2) is 5.82 Å². The standard InChI is InChI=1S/C18H24ClN5O2S/c1-20-17(25)12-3-2-4-23(10-12)11-13-9-14-15(27-13)16(22-18(19)21-14)24-5-7-26-8-6-24/h9,12H,2-8,10-11H2,1H3,(H,20,25). The summed E-state index contributed by atoms with van der Waals surface area (Å²) in [6, 6.07) is 2.11. The van der Waals surface area contributed by atoms with Crippen LogP contribution in [0.2, 0.25) is 5.28 Å². The molecule has 0 aromatic carbocycles. The minimum atomic E-state index is 0.0799. The first-order valence-electron chi connectivity index (χ1n) is 9.36. The Hall–Kier alpha value is -1.48. The molecular formula is C18H24ClN5O2S. The zero-order chi connectivity index (χ0) is 18.8. The van der Waals surface area contributed by atoms with Crippen LogP contribution in [0.4, 0.5) is 5.82 Å². The van der Waals surface area contributed by atoms with Crippen LogP contribution in [0, 0.1) is 5.92 Å². The van der Waals surface area contributed by atoms with Gasteiger partial charge in [-0.1, -0.05) is 0 Å². The van der Waals surface area contributed by atoms with E-state index < -0.39 is 0 Å². The van der Waals surface area contributed by atoms with E-state index in [-0.39, 0.29) is 17.1 Å². The van der Waals surface area contributed by atoms with Crippen molar-refractivity contribution in [3.63, 3.8) is 0 Å². The molecule has 1 N–H and O–H groups in total. The summed E-state index contributed by atoms with van der Waals surface area (Å²) < 4.78 is 6.53. The van der Waals surface area contributed by atoms with E-state index in [0.29, 0.717) is 13.2 Å². The highest BCUT2D eigenvalue weighted by Crippen LogP contribution is 2.34.